The van der Waals surface area contributed by atoms with Gasteiger partial charge in [-0.3, -0.25) is 4.79 Å². The third-order valence-corrected chi connectivity index (χ3v) is 4.06. The number of amides is 2. The number of aliphatic hydroxyl groups is 1. The molecular formula is C19H28N2O5. The van der Waals surface area contributed by atoms with Crippen LogP contribution in [0.1, 0.15) is 32.8 Å². The van der Waals surface area contributed by atoms with Gasteiger partial charge in [-0.25, -0.2) is 4.79 Å². The predicted molar refractivity (Wildman–Crippen MR) is 97.1 cm³/mol. The van der Waals surface area contributed by atoms with E-state index in [0.717, 1.165) is 11.3 Å². The van der Waals surface area contributed by atoms with Gasteiger partial charge in [0.25, 0.3) is 0 Å². The maximum atomic E-state index is 12.8. The van der Waals surface area contributed by atoms with Crippen molar-refractivity contribution in [3.8, 4) is 5.75 Å². The van der Waals surface area contributed by atoms with Crippen molar-refractivity contribution in [2.75, 3.05) is 20.2 Å². The van der Waals surface area contributed by atoms with Gasteiger partial charge in [0.2, 0.25) is 5.91 Å². The molecule has 0 bridgehead atoms. The van der Waals surface area contributed by atoms with Gasteiger partial charge in [0.05, 0.1) is 13.2 Å². The second kappa shape index (κ2) is 8.40. The third-order valence-electron chi connectivity index (χ3n) is 4.06. The molecule has 7 nitrogen and oxygen atoms in total. The van der Waals surface area contributed by atoms with Crippen molar-refractivity contribution >= 4 is 12.0 Å². The van der Waals surface area contributed by atoms with Crippen molar-refractivity contribution < 1.29 is 24.2 Å². The number of likely N-dealkylation sites (tertiary alicyclic amines) is 1. The second-order valence-corrected chi connectivity index (χ2v) is 7.48. The normalized spacial score (nSPS) is 18.3. The fourth-order valence-electron chi connectivity index (χ4n) is 2.81. The van der Waals surface area contributed by atoms with E-state index in [0.29, 0.717) is 19.4 Å². The van der Waals surface area contributed by atoms with Crippen LogP contribution in [0.4, 0.5) is 4.79 Å². The number of benzene rings is 1. The Balaban J connectivity index is 2.11. The zero-order valence-electron chi connectivity index (χ0n) is 15.8. The molecule has 1 heterocycles. The maximum Gasteiger partial charge on any atom is 0.408 e. The topological polar surface area (TPSA) is 88.1 Å². The van der Waals surface area contributed by atoms with Crippen LogP contribution in [0.5, 0.6) is 5.75 Å². The number of carbonyl (C=O) groups is 2. The van der Waals surface area contributed by atoms with Gasteiger partial charge in [0, 0.05) is 19.5 Å². The van der Waals surface area contributed by atoms with Gasteiger partial charge in [0.1, 0.15) is 17.4 Å². The Morgan fingerprint density at radius 2 is 1.96 bits per heavy atom. The Labute approximate surface area is 154 Å². The van der Waals surface area contributed by atoms with Crippen LogP contribution in [0.15, 0.2) is 24.3 Å². The van der Waals surface area contributed by atoms with Crippen LogP contribution < -0.4 is 10.1 Å². The van der Waals surface area contributed by atoms with E-state index < -0.39 is 23.8 Å². The van der Waals surface area contributed by atoms with Crippen LogP contribution in [-0.2, 0) is 16.0 Å². The molecule has 144 valence electrons. The van der Waals surface area contributed by atoms with Crippen LogP contribution in [-0.4, -0.2) is 60.0 Å². The summed E-state index contributed by atoms with van der Waals surface area (Å²) in [5.41, 5.74) is 0.238. The summed E-state index contributed by atoms with van der Waals surface area (Å²) in [5.74, 6) is 0.502. The predicted octanol–water partition coefficient (Wildman–Crippen LogP) is 1.72. The highest BCUT2D eigenvalue weighted by molar-refractivity contribution is 5.86. The molecule has 1 aliphatic heterocycles. The van der Waals surface area contributed by atoms with E-state index >= 15 is 0 Å². The lowest BCUT2D eigenvalue weighted by atomic mass is 10.0. The van der Waals surface area contributed by atoms with E-state index in [2.05, 4.69) is 5.32 Å². The van der Waals surface area contributed by atoms with E-state index in [-0.39, 0.29) is 12.5 Å². The molecule has 2 amide bonds. The van der Waals surface area contributed by atoms with E-state index in [1.807, 2.05) is 24.3 Å². The molecule has 0 saturated carbocycles. The number of hydrogen-bond donors (Lipinski definition) is 2. The minimum absolute atomic E-state index is 0.219. The van der Waals surface area contributed by atoms with Gasteiger partial charge >= 0.3 is 6.09 Å². The molecular weight excluding hydrogens is 336 g/mol. The number of β-amino-alcohol motifs (C(OH)–C–C–N with tert-alkyl or cyclic N) is 1. The van der Waals surface area contributed by atoms with Crippen LogP contribution in [0.25, 0.3) is 0 Å². The smallest absolute Gasteiger partial charge is 0.408 e. The van der Waals surface area contributed by atoms with Crippen molar-refractivity contribution in [2.45, 2.75) is 51.4 Å². The van der Waals surface area contributed by atoms with Gasteiger partial charge in [-0.1, -0.05) is 12.1 Å². The second-order valence-electron chi connectivity index (χ2n) is 7.48. The first-order valence-corrected chi connectivity index (χ1v) is 8.77. The summed E-state index contributed by atoms with van der Waals surface area (Å²) in [7, 11) is 1.59. The summed E-state index contributed by atoms with van der Waals surface area (Å²) in [6, 6.07) is 6.57. The Bertz CT molecular complexity index is 624. The molecule has 0 aromatic heterocycles. The summed E-state index contributed by atoms with van der Waals surface area (Å²) < 4.78 is 10.4. The van der Waals surface area contributed by atoms with E-state index in [9.17, 15) is 14.7 Å². The Kier molecular flexibility index (Phi) is 6.47. The average Bonchev–Trinajstić information content (AvgIpc) is 2.99. The maximum absolute atomic E-state index is 12.8. The van der Waals surface area contributed by atoms with Crippen molar-refractivity contribution in [1.29, 1.82) is 0 Å². The molecule has 0 radical (unpaired) electrons. The zero-order valence-corrected chi connectivity index (χ0v) is 15.8. The molecule has 26 heavy (non-hydrogen) atoms. The Morgan fingerprint density at radius 1 is 1.31 bits per heavy atom. The van der Waals surface area contributed by atoms with E-state index in [1.54, 1.807) is 32.8 Å². The summed E-state index contributed by atoms with van der Waals surface area (Å²) in [4.78, 5) is 26.6. The molecule has 1 aromatic rings. The minimum Gasteiger partial charge on any atom is -0.497 e. The largest absolute Gasteiger partial charge is 0.497 e. The number of methoxy groups -OCH3 is 1. The number of nitrogens with one attached hydrogen (secondary N) is 1. The molecule has 2 atom stereocenters. The molecule has 7 heteroatoms. The first-order chi connectivity index (χ1) is 12.2. The summed E-state index contributed by atoms with van der Waals surface area (Å²) in [5, 5.41) is 12.4. The molecule has 1 aliphatic rings. The number of alkyl carbamates (subject to hydrolysis) is 1. The van der Waals surface area contributed by atoms with Gasteiger partial charge < -0.3 is 24.8 Å². The minimum atomic E-state index is -0.761. The lowest BCUT2D eigenvalue weighted by Crippen LogP contribution is -2.50. The number of carbonyl (C=O) groups excluding carboxylic acids is 2. The van der Waals surface area contributed by atoms with Crippen LogP contribution in [0.3, 0.4) is 0 Å². The van der Waals surface area contributed by atoms with Gasteiger partial charge in [-0.05, 0) is 44.9 Å². The summed E-state index contributed by atoms with van der Waals surface area (Å²) in [6.07, 6.45) is -0.270. The average molecular weight is 364 g/mol. The lowest BCUT2D eigenvalue weighted by Gasteiger charge is -2.26. The fraction of sp³-hybridized carbons (Fsp3) is 0.579. The number of aliphatic hydroxyl groups excluding tert-OH is 1. The Morgan fingerprint density at radius 3 is 2.46 bits per heavy atom. The van der Waals surface area contributed by atoms with Crippen LogP contribution >= 0.6 is 0 Å². The SMILES string of the molecule is COc1ccc(C[C@H](NC(=O)OC(C)(C)C)C(=O)N2CCC(O)C2)cc1. The van der Waals surface area contributed by atoms with Crippen molar-refractivity contribution in [3.05, 3.63) is 29.8 Å². The van der Waals surface area contributed by atoms with Crippen molar-refractivity contribution in [2.24, 2.45) is 0 Å². The fourth-order valence-corrected chi connectivity index (χ4v) is 2.81. The van der Waals surface area contributed by atoms with Gasteiger partial charge in [-0.2, -0.15) is 0 Å². The zero-order chi connectivity index (χ0) is 19.3. The van der Waals surface area contributed by atoms with E-state index in [4.69, 9.17) is 9.47 Å². The lowest BCUT2D eigenvalue weighted by molar-refractivity contribution is -0.132. The molecule has 0 aliphatic carbocycles. The quantitative estimate of drug-likeness (QED) is 0.831. The molecule has 1 aromatic carbocycles. The van der Waals surface area contributed by atoms with Crippen molar-refractivity contribution in [1.82, 2.24) is 10.2 Å². The third kappa shape index (κ3) is 5.91. The molecule has 1 unspecified atom stereocenters. The number of nitrogens with zero attached hydrogens (tertiary/aromatic N) is 1. The first-order valence-electron chi connectivity index (χ1n) is 8.77. The summed E-state index contributed by atoms with van der Waals surface area (Å²) in [6.45, 7) is 6.07. The molecule has 0 spiro atoms. The number of rotatable bonds is 5. The monoisotopic (exact) mass is 364 g/mol. The highest BCUT2D eigenvalue weighted by Crippen LogP contribution is 2.16. The highest BCUT2D eigenvalue weighted by Gasteiger charge is 2.32. The molecule has 2 N–H and O–H groups in total. The standard InChI is InChI=1S/C19H28N2O5/c1-19(2,3)26-18(24)20-16(17(23)21-10-9-14(22)12-21)11-13-5-7-15(25-4)8-6-13/h5-8,14,16,22H,9-12H2,1-4H3,(H,20,24)/t14?,16-/m0/s1. The van der Waals surface area contributed by atoms with Crippen LogP contribution in [0.2, 0.25) is 0 Å². The molecule has 1 saturated heterocycles. The first kappa shape index (κ1) is 20.0. The van der Waals surface area contributed by atoms with Gasteiger partial charge in [-0.15, -0.1) is 0 Å². The van der Waals surface area contributed by atoms with Crippen molar-refractivity contribution in [3.63, 3.8) is 0 Å². The number of ether oxygens (including phenoxy) is 2. The summed E-state index contributed by atoms with van der Waals surface area (Å²) >= 11 is 0. The highest BCUT2D eigenvalue weighted by atomic mass is 16.6. The van der Waals surface area contributed by atoms with Gasteiger partial charge in [0.15, 0.2) is 0 Å². The van der Waals surface area contributed by atoms with E-state index in [1.165, 1.54) is 0 Å². The molecule has 1 fully saturated rings. The molecule has 2 rings (SSSR count). The Hall–Kier alpha value is -2.28. The van der Waals surface area contributed by atoms with Crippen LogP contribution in [0, 0.1) is 0 Å². The number of hydrogen-bond acceptors (Lipinski definition) is 5.